The quantitative estimate of drug-likeness (QED) is 0.740. The van der Waals surface area contributed by atoms with Crippen molar-refractivity contribution in [3.05, 3.63) is 29.6 Å². The van der Waals surface area contributed by atoms with Crippen molar-refractivity contribution in [3.8, 4) is 5.75 Å². The minimum absolute atomic E-state index is 0.180. The Morgan fingerprint density at radius 1 is 1.35 bits per heavy atom. The summed E-state index contributed by atoms with van der Waals surface area (Å²) in [6.07, 6.45) is 0. The van der Waals surface area contributed by atoms with Crippen LogP contribution >= 0.6 is 0 Å². The Hall–Kier alpha value is -2.11. The summed E-state index contributed by atoms with van der Waals surface area (Å²) < 4.78 is 12.7. The van der Waals surface area contributed by atoms with Crippen LogP contribution in [0.5, 0.6) is 5.75 Å². The van der Waals surface area contributed by atoms with Crippen LogP contribution in [0.25, 0.3) is 0 Å². The number of phenolic OH excluding ortho intramolecular Hbond substituents is 1. The average molecular weight is 241 g/mol. The number of carbonyl (C=O) groups is 2. The molecule has 5 nitrogen and oxygen atoms in total. The van der Waals surface area contributed by atoms with E-state index in [1.807, 2.05) is 0 Å². The van der Waals surface area contributed by atoms with Crippen molar-refractivity contribution in [1.29, 1.82) is 0 Å². The highest BCUT2D eigenvalue weighted by atomic mass is 19.1. The zero-order valence-corrected chi connectivity index (χ0v) is 9.32. The van der Waals surface area contributed by atoms with Gasteiger partial charge in [-0.3, -0.25) is 4.79 Å². The number of carbonyl (C=O) groups excluding carboxylic acids is 1. The average Bonchev–Trinajstić information content (AvgIpc) is 2.15. The lowest BCUT2D eigenvalue weighted by Crippen LogP contribution is -2.49. The van der Waals surface area contributed by atoms with Crippen LogP contribution in [0.1, 0.15) is 24.2 Å². The summed E-state index contributed by atoms with van der Waals surface area (Å²) >= 11 is 0. The predicted molar refractivity (Wildman–Crippen MR) is 57.2 cm³/mol. The van der Waals surface area contributed by atoms with Crippen LogP contribution in [0.4, 0.5) is 4.39 Å². The lowest BCUT2D eigenvalue weighted by Gasteiger charge is -2.21. The largest absolute Gasteiger partial charge is 0.507 e. The lowest BCUT2D eigenvalue weighted by atomic mass is 10.0. The smallest absolute Gasteiger partial charge is 0.328 e. The predicted octanol–water partition coefficient (Wildman–Crippen LogP) is 1.12. The van der Waals surface area contributed by atoms with Crippen LogP contribution in [0, 0.1) is 5.82 Å². The number of rotatable bonds is 3. The number of hydrogen-bond donors (Lipinski definition) is 3. The maximum atomic E-state index is 12.7. The summed E-state index contributed by atoms with van der Waals surface area (Å²) in [7, 11) is 0. The van der Waals surface area contributed by atoms with E-state index in [0.29, 0.717) is 0 Å². The Balaban J connectivity index is 2.95. The van der Waals surface area contributed by atoms with Crippen LogP contribution in [0.15, 0.2) is 18.2 Å². The van der Waals surface area contributed by atoms with Crippen LogP contribution in [-0.2, 0) is 4.79 Å². The summed E-state index contributed by atoms with van der Waals surface area (Å²) in [4.78, 5) is 22.4. The molecule has 3 N–H and O–H groups in total. The molecule has 0 atom stereocenters. The number of nitrogens with one attached hydrogen (secondary N) is 1. The van der Waals surface area contributed by atoms with Gasteiger partial charge in [0, 0.05) is 6.07 Å². The molecule has 0 saturated carbocycles. The molecule has 0 radical (unpaired) electrons. The van der Waals surface area contributed by atoms with Gasteiger partial charge in [-0.1, -0.05) is 0 Å². The van der Waals surface area contributed by atoms with E-state index in [0.717, 1.165) is 18.2 Å². The van der Waals surface area contributed by atoms with Gasteiger partial charge in [0.25, 0.3) is 5.91 Å². The lowest BCUT2D eigenvalue weighted by molar-refractivity contribution is -0.143. The molecule has 0 fully saturated rings. The van der Waals surface area contributed by atoms with E-state index in [2.05, 4.69) is 5.32 Å². The second-order valence-corrected chi connectivity index (χ2v) is 4.05. The third-order valence-corrected chi connectivity index (χ3v) is 2.17. The standard InChI is InChI=1S/C11H12FNO4/c1-11(2,10(16)17)13-9(15)7-4-3-6(12)5-8(7)14/h3-5,14H,1-2H3,(H,13,15)(H,16,17). The maximum Gasteiger partial charge on any atom is 0.328 e. The van der Waals surface area contributed by atoms with E-state index in [1.54, 1.807) is 0 Å². The highest BCUT2D eigenvalue weighted by Crippen LogP contribution is 2.18. The van der Waals surface area contributed by atoms with Crippen molar-refractivity contribution in [2.24, 2.45) is 0 Å². The topological polar surface area (TPSA) is 86.6 Å². The van der Waals surface area contributed by atoms with E-state index in [4.69, 9.17) is 5.11 Å². The van der Waals surface area contributed by atoms with E-state index in [9.17, 15) is 19.1 Å². The highest BCUT2D eigenvalue weighted by molar-refractivity contribution is 5.99. The first-order valence-electron chi connectivity index (χ1n) is 4.78. The minimum Gasteiger partial charge on any atom is -0.507 e. The Morgan fingerprint density at radius 2 is 1.94 bits per heavy atom. The van der Waals surface area contributed by atoms with Gasteiger partial charge >= 0.3 is 5.97 Å². The summed E-state index contributed by atoms with van der Waals surface area (Å²) in [6, 6.07) is 2.86. The molecule has 17 heavy (non-hydrogen) atoms. The molecular weight excluding hydrogens is 229 g/mol. The normalized spacial score (nSPS) is 11.0. The molecule has 0 aliphatic heterocycles. The molecule has 1 aromatic carbocycles. The zero-order chi connectivity index (χ0) is 13.2. The van der Waals surface area contributed by atoms with E-state index >= 15 is 0 Å². The molecule has 1 rings (SSSR count). The second-order valence-electron chi connectivity index (χ2n) is 4.05. The fourth-order valence-corrected chi connectivity index (χ4v) is 1.10. The van der Waals surface area contributed by atoms with Gasteiger partial charge in [0.15, 0.2) is 0 Å². The van der Waals surface area contributed by atoms with Gasteiger partial charge in [-0.05, 0) is 26.0 Å². The molecule has 1 amide bonds. The van der Waals surface area contributed by atoms with E-state index in [1.165, 1.54) is 13.8 Å². The number of amides is 1. The monoisotopic (exact) mass is 241 g/mol. The van der Waals surface area contributed by atoms with Crippen LogP contribution < -0.4 is 5.32 Å². The van der Waals surface area contributed by atoms with Crippen LogP contribution in [-0.4, -0.2) is 27.6 Å². The van der Waals surface area contributed by atoms with Crippen molar-refractivity contribution >= 4 is 11.9 Å². The number of phenols is 1. The van der Waals surface area contributed by atoms with Gasteiger partial charge < -0.3 is 15.5 Å². The second kappa shape index (κ2) is 4.40. The molecule has 0 spiro atoms. The van der Waals surface area contributed by atoms with E-state index < -0.39 is 29.0 Å². The summed E-state index contributed by atoms with van der Waals surface area (Å²) in [5.74, 6) is -3.22. The molecule has 6 heteroatoms. The van der Waals surface area contributed by atoms with Crippen molar-refractivity contribution in [2.75, 3.05) is 0 Å². The van der Waals surface area contributed by atoms with Gasteiger partial charge in [-0.15, -0.1) is 0 Å². The number of carboxylic acid groups (broad SMARTS) is 1. The van der Waals surface area contributed by atoms with Crippen molar-refractivity contribution in [2.45, 2.75) is 19.4 Å². The zero-order valence-electron chi connectivity index (χ0n) is 9.32. The molecule has 0 aliphatic rings. The first kappa shape index (κ1) is 13.0. The Kier molecular flexibility index (Phi) is 3.36. The van der Waals surface area contributed by atoms with Crippen molar-refractivity contribution in [1.82, 2.24) is 5.32 Å². The van der Waals surface area contributed by atoms with Crippen molar-refractivity contribution < 1.29 is 24.2 Å². The molecule has 0 saturated heterocycles. The molecule has 0 aromatic heterocycles. The summed E-state index contributed by atoms with van der Waals surface area (Å²) in [5.41, 5.74) is -1.65. The van der Waals surface area contributed by atoms with E-state index in [-0.39, 0.29) is 5.56 Å². The number of aliphatic carboxylic acids is 1. The maximum absolute atomic E-state index is 12.7. The minimum atomic E-state index is -1.47. The van der Waals surface area contributed by atoms with Gasteiger partial charge in [0.2, 0.25) is 0 Å². The molecule has 0 unspecified atom stereocenters. The Labute approximate surface area is 96.9 Å². The molecule has 0 heterocycles. The number of carboxylic acids is 1. The third-order valence-electron chi connectivity index (χ3n) is 2.17. The number of benzene rings is 1. The Morgan fingerprint density at radius 3 is 2.41 bits per heavy atom. The first-order chi connectivity index (χ1) is 7.74. The van der Waals surface area contributed by atoms with Gasteiger partial charge in [0.05, 0.1) is 5.56 Å². The highest BCUT2D eigenvalue weighted by Gasteiger charge is 2.30. The number of aromatic hydroxyl groups is 1. The van der Waals surface area contributed by atoms with Crippen molar-refractivity contribution in [3.63, 3.8) is 0 Å². The Bertz CT molecular complexity index is 471. The molecule has 1 aromatic rings. The SMILES string of the molecule is CC(C)(NC(=O)c1ccc(F)cc1O)C(=O)O. The van der Waals surface area contributed by atoms with Gasteiger partial charge in [0.1, 0.15) is 17.1 Å². The molecule has 92 valence electrons. The first-order valence-corrected chi connectivity index (χ1v) is 4.78. The third kappa shape index (κ3) is 2.93. The fraction of sp³-hybridized carbons (Fsp3) is 0.273. The molecular formula is C11H12FNO4. The number of hydrogen-bond acceptors (Lipinski definition) is 3. The summed E-state index contributed by atoms with van der Waals surface area (Å²) in [5, 5.41) is 20.4. The van der Waals surface area contributed by atoms with Crippen LogP contribution in [0.2, 0.25) is 0 Å². The van der Waals surface area contributed by atoms with Crippen LogP contribution in [0.3, 0.4) is 0 Å². The molecule has 0 bridgehead atoms. The van der Waals surface area contributed by atoms with Gasteiger partial charge in [-0.2, -0.15) is 0 Å². The number of halogens is 1. The fourth-order valence-electron chi connectivity index (χ4n) is 1.10. The van der Waals surface area contributed by atoms with Gasteiger partial charge in [-0.25, -0.2) is 9.18 Å². The molecule has 0 aliphatic carbocycles. The summed E-state index contributed by atoms with van der Waals surface area (Å²) in [6.45, 7) is 2.60.